The molecule has 1 N–H and O–H groups in total. The Morgan fingerprint density at radius 2 is 1.89 bits per heavy atom. The highest BCUT2D eigenvalue weighted by Gasteiger charge is 2.08. The van der Waals surface area contributed by atoms with Crippen molar-refractivity contribution in [3.63, 3.8) is 0 Å². The second kappa shape index (κ2) is 6.22. The standard InChI is InChI=1S/C16H17BrO2/c1-3-12-6-4-5-7-15(12)19-16-9-8-13(11(2)18)10-14(16)17/h4-11,18H,3H2,1-2H3. The Bertz CT molecular complexity index is 564. The molecule has 0 bridgehead atoms. The summed E-state index contributed by atoms with van der Waals surface area (Å²) < 4.78 is 6.78. The molecule has 1 unspecified atom stereocenters. The molecule has 3 heteroatoms. The van der Waals surface area contributed by atoms with Crippen LogP contribution in [-0.4, -0.2) is 5.11 Å². The summed E-state index contributed by atoms with van der Waals surface area (Å²) in [5.41, 5.74) is 2.04. The maximum Gasteiger partial charge on any atom is 0.141 e. The van der Waals surface area contributed by atoms with Crippen LogP contribution in [0.5, 0.6) is 11.5 Å². The van der Waals surface area contributed by atoms with Crippen molar-refractivity contribution in [2.45, 2.75) is 26.4 Å². The molecule has 0 aliphatic heterocycles. The van der Waals surface area contributed by atoms with Crippen molar-refractivity contribution in [1.82, 2.24) is 0 Å². The summed E-state index contributed by atoms with van der Waals surface area (Å²) in [6, 6.07) is 13.6. The van der Waals surface area contributed by atoms with Gasteiger partial charge in [-0.2, -0.15) is 0 Å². The van der Waals surface area contributed by atoms with E-state index in [4.69, 9.17) is 4.74 Å². The largest absolute Gasteiger partial charge is 0.456 e. The summed E-state index contributed by atoms with van der Waals surface area (Å²) >= 11 is 3.48. The van der Waals surface area contributed by atoms with Gasteiger partial charge >= 0.3 is 0 Å². The van der Waals surface area contributed by atoms with Crippen LogP contribution in [0.1, 0.15) is 31.1 Å². The number of halogens is 1. The zero-order chi connectivity index (χ0) is 13.8. The Morgan fingerprint density at radius 1 is 1.16 bits per heavy atom. The van der Waals surface area contributed by atoms with E-state index >= 15 is 0 Å². The van der Waals surface area contributed by atoms with Crippen LogP contribution < -0.4 is 4.74 Å². The molecule has 0 radical (unpaired) electrons. The first-order valence-electron chi connectivity index (χ1n) is 6.35. The lowest BCUT2D eigenvalue weighted by molar-refractivity contribution is 0.199. The molecule has 1 atom stereocenters. The minimum Gasteiger partial charge on any atom is -0.456 e. The molecule has 0 fully saturated rings. The fourth-order valence-electron chi connectivity index (χ4n) is 1.87. The number of hydrogen-bond acceptors (Lipinski definition) is 2. The summed E-state index contributed by atoms with van der Waals surface area (Å²) in [4.78, 5) is 0. The van der Waals surface area contributed by atoms with Gasteiger partial charge in [-0.1, -0.05) is 31.2 Å². The predicted octanol–water partition coefficient (Wildman–Crippen LogP) is 4.86. The topological polar surface area (TPSA) is 29.5 Å². The number of ether oxygens (including phenoxy) is 1. The molecule has 0 saturated carbocycles. The number of aliphatic hydroxyl groups excluding tert-OH is 1. The van der Waals surface area contributed by atoms with Gasteiger partial charge in [0.25, 0.3) is 0 Å². The number of para-hydroxylation sites is 1. The van der Waals surface area contributed by atoms with E-state index < -0.39 is 6.10 Å². The molecule has 0 heterocycles. The normalized spacial score (nSPS) is 12.2. The molecular formula is C16H17BrO2. The van der Waals surface area contributed by atoms with Crippen LogP contribution in [-0.2, 0) is 6.42 Å². The van der Waals surface area contributed by atoms with Gasteiger partial charge in [-0.25, -0.2) is 0 Å². The van der Waals surface area contributed by atoms with Crippen molar-refractivity contribution < 1.29 is 9.84 Å². The lowest BCUT2D eigenvalue weighted by atomic mass is 10.1. The zero-order valence-electron chi connectivity index (χ0n) is 11.1. The fourth-order valence-corrected chi connectivity index (χ4v) is 2.35. The molecule has 2 nitrogen and oxygen atoms in total. The van der Waals surface area contributed by atoms with Gasteiger partial charge in [-0.15, -0.1) is 0 Å². The summed E-state index contributed by atoms with van der Waals surface area (Å²) in [5, 5.41) is 9.55. The molecule has 2 aromatic carbocycles. The van der Waals surface area contributed by atoms with E-state index in [1.807, 2.05) is 36.4 Å². The molecule has 0 spiro atoms. The third-order valence-corrected chi connectivity index (χ3v) is 3.63. The lowest BCUT2D eigenvalue weighted by Gasteiger charge is -2.13. The monoisotopic (exact) mass is 320 g/mol. The van der Waals surface area contributed by atoms with Gasteiger partial charge in [-0.05, 0) is 58.6 Å². The maximum atomic E-state index is 9.55. The van der Waals surface area contributed by atoms with Crippen LogP contribution in [0.25, 0.3) is 0 Å². The van der Waals surface area contributed by atoms with Gasteiger partial charge in [0.05, 0.1) is 10.6 Å². The van der Waals surface area contributed by atoms with Crippen LogP contribution in [0.4, 0.5) is 0 Å². The van der Waals surface area contributed by atoms with Crippen molar-refractivity contribution >= 4 is 15.9 Å². The molecule has 2 rings (SSSR count). The Balaban J connectivity index is 2.28. The van der Waals surface area contributed by atoms with Crippen molar-refractivity contribution in [1.29, 1.82) is 0 Å². The summed E-state index contributed by atoms with van der Waals surface area (Å²) in [6.07, 6.45) is 0.452. The number of hydrogen-bond donors (Lipinski definition) is 1. The minimum absolute atomic E-state index is 0.478. The van der Waals surface area contributed by atoms with Gasteiger partial charge in [0.1, 0.15) is 11.5 Å². The predicted molar refractivity (Wildman–Crippen MR) is 80.7 cm³/mol. The zero-order valence-corrected chi connectivity index (χ0v) is 12.6. The Labute approximate surface area is 122 Å². The van der Waals surface area contributed by atoms with Crippen molar-refractivity contribution in [3.8, 4) is 11.5 Å². The van der Waals surface area contributed by atoms with E-state index in [2.05, 4.69) is 28.9 Å². The fraction of sp³-hybridized carbons (Fsp3) is 0.250. The average molecular weight is 321 g/mol. The van der Waals surface area contributed by atoms with Crippen molar-refractivity contribution in [3.05, 3.63) is 58.1 Å². The van der Waals surface area contributed by atoms with Gasteiger partial charge in [0, 0.05) is 0 Å². The molecule has 0 aliphatic rings. The molecule has 0 saturated heterocycles. The molecule has 19 heavy (non-hydrogen) atoms. The highest BCUT2D eigenvalue weighted by atomic mass is 79.9. The maximum absolute atomic E-state index is 9.55. The molecule has 2 aromatic rings. The van der Waals surface area contributed by atoms with Crippen molar-refractivity contribution in [2.75, 3.05) is 0 Å². The van der Waals surface area contributed by atoms with E-state index in [-0.39, 0.29) is 0 Å². The first-order valence-corrected chi connectivity index (χ1v) is 7.14. The summed E-state index contributed by atoms with van der Waals surface area (Å²) in [5.74, 6) is 1.63. The van der Waals surface area contributed by atoms with Gasteiger partial charge in [0.2, 0.25) is 0 Å². The van der Waals surface area contributed by atoms with Crippen LogP contribution in [0, 0.1) is 0 Å². The second-order valence-electron chi connectivity index (χ2n) is 4.43. The first-order chi connectivity index (χ1) is 9.11. The Hall–Kier alpha value is -1.32. The van der Waals surface area contributed by atoms with E-state index in [9.17, 15) is 5.11 Å². The molecule has 100 valence electrons. The lowest BCUT2D eigenvalue weighted by Crippen LogP contribution is -1.94. The van der Waals surface area contributed by atoms with Gasteiger partial charge in [0.15, 0.2) is 0 Å². The quantitative estimate of drug-likeness (QED) is 0.871. The van der Waals surface area contributed by atoms with E-state index in [0.29, 0.717) is 0 Å². The third-order valence-electron chi connectivity index (χ3n) is 3.01. The SMILES string of the molecule is CCc1ccccc1Oc1ccc(C(C)O)cc1Br. The van der Waals surface area contributed by atoms with Crippen LogP contribution in [0.3, 0.4) is 0 Å². The summed E-state index contributed by atoms with van der Waals surface area (Å²) in [7, 11) is 0. The highest BCUT2D eigenvalue weighted by molar-refractivity contribution is 9.10. The third kappa shape index (κ3) is 3.37. The number of aliphatic hydroxyl groups is 1. The number of aryl methyl sites for hydroxylation is 1. The highest BCUT2D eigenvalue weighted by Crippen LogP contribution is 2.33. The van der Waals surface area contributed by atoms with E-state index in [1.54, 1.807) is 6.92 Å². The summed E-state index contributed by atoms with van der Waals surface area (Å²) in [6.45, 7) is 3.85. The average Bonchev–Trinajstić information content (AvgIpc) is 2.41. The first kappa shape index (κ1) is 14.1. The number of rotatable bonds is 4. The van der Waals surface area contributed by atoms with Crippen LogP contribution in [0.15, 0.2) is 46.9 Å². The second-order valence-corrected chi connectivity index (χ2v) is 5.28. The van der Waals surface area contributed by atoms with E-state index in [1.165, 1.54) is 5.56 Å². The smallest absolute Gasteiger partial charge is 0.141 e. The molecule has 0 amide bonds. The van der Waals surface area contributed by atoms with Crippen LogP contribution in [0.2, 0.25) is 0 Å². The minimum atomic E-state index is -0.478. The molecule has 0 aliphatic carbocycles. The van der Waals surface area contributed by atoms with Crippen molar-refractivity contribution in [2.24, 2.45) is 0 Å². The molecular weight excluding hydrogens is 304 g/mol. The van der Waals surface area contributed by atoms with E-state index in [0.717, 1.165) is 28.0 Å². The molecule has 0 aromatic heterocycles. The van der Waals surface area contributed by atoms with Gasteiger partial charge < -0.3 is 9.84 Å². The van der Waals surface area contributed by atoms with Crippen LogP contribution >= 0.6 is 15.9 Å². The Morgan fingerprint density at radius 3 is 2.53 bits per heavy atom. The Kier molecular flexibility index (Phi) is 4.61. The van der Waals surface area contributed by atoms with Gasteiger partial charge in [-0.3, -0.25) is 0 Å². The number of benzene rings is 2.